The number of halogens is 1. The van der Waals surface area contributed by atoms with Crippen molar-refractivity contribution in [2.24, 2.45) is 0 Å². The fraction of sp³-hybridized carbons (Fsp3) is 0.364. The van der Waals surface area contributed by atoms with E-state index in [2.05, 4.69) is 44.1 Å². The average molecular weight is 412 g/mol. The van der Waals surface area contributed by atoms with Gasteiger partial charge in [0.15, 0.2) is 0 Å². The fourth-order valence-electron chi connectivity index (χ4n) is 3.45. The Morgan fingerprint density at radius 3 is 2.52 bits per heavy atom. The van der Waals surface area contributed by atoms with E-state index in [0.717, 1.165) is 66.9 Å². The molecular formula is C22H26FN5S. The number of thiazole rings is 1. The lowest BCUT2D eigenvalue weighted by Gasteiger charge is -2.34. The zero-order valence-electron chi connectivity index (χ0n) is 16.6. The Balaban J connectivity index is 1.26. The molecule has 0 radical (unpaired) electrons. The van der Waals surface area contributed by atoms with E-state index in [-0.39, 0.29) is 5.82 Å². The van der Waals surface area contributed by atoms with Crippen LogP contribution in [0.15, 0.2) is 48.0 Å². The van der Waals surface area contributed by atoms with Gasteiger partial charge in [0.1, 0.15) is 16.6 Å². The molecule has 0 aliphatic carbocycles. The van der Waals surface area contributed by atoms with Gasteiger partial charge in [-0.25, -0.2) is 14.4 Å². The molecule has 0 spiro atoms. The fourth-order valence-corrected chi connectivity index (χ4v) is 4.28. The first-order valence-electron chi connectivity index (χ1n) is 10.0. The van der Waals surface area contributed by atoms with E-state index < -0.39 is 0 Å². The number of nitrogens with zero attached hydrogens (tertiary/aromatic N) is 4. The van der Waals surface area contributed by atoms with Crippen LogP contribution >= 0.6 is 11.3 Å². The second-order valence-corrected chi connectivity index (χ2v) is 8.06. The van der Waals surface area contributed by atoms with Gasteiger partial charge in [0.25, 0.3) is 0 Å². The number of pyridine rings is 1. The lowest BCUT2D eigenvalue weighted by atomic mass is 10.2. The lowest BCUT2D eigenvalue weighted by molar-refractivity contribution is 0.270. The summed E-state index contributed by atoms with van der Waals surface area (Å²) in [5.41, 5.74) is 3.10. The van der Waals surface area contributed by atoms with Crippen LogP contribution in [0.2, 0.25) is 0 Å². The van der Waals surface area contributed by atoms with Gasteiger partial charge in [-0.2, -0.15) is 0 Å². The summed E-state index contributed by atoms with van der Waals surface area (Å²) in [5, 5.41) is 6.39. The monoisotopic (exact) mass is 411 g/mol. The maximum absolute atomic E-state index is 13.1. The number of likely N-dealkylation sites (N-methyl/N-ethyl adjacent to an activating group) is 1. The zero-order chi connectivity index (χ0) is 20.1. The number of rotatable bonds is 7. The third-order valence-electron chi connectivity index (χ3n) is 5.23. The predicted octanol–water partition coefficient (Wildman–Crippen LogP) is 3.78. The van der Waals surface area contributed by atoms with E-state index >= 15 is 0 Å². The van der Waals surface area contributed by atoms with Crippen molar-refractivity contribution < 1.29 is 4.39 Å². The molecule has 1 saturated heterocycles. The maximum Gasteiger partial charge on any atom is 0.128 e. The summed E-state index contributed by atoms with van der Waals surface area (Å²) in [6, 6.07) is 10.7. The van der Waals surface area contributed by atoms with Crippen LogP contribution in [-0.2, 0) is 13.1 Å². The summed E-state index contributed by atoms with van der Waals surface area (Å²) >= 11 is 1.58. The van der Waals surface area contributed by atoms with Crippen LogP contribution in [-0.4, -0.2) is 47.6 Å². The summed E-state index contributed by atoms with van der Waals surface area (Å²) in [7, 11) is 0. The van der Waals surface area contributed by atoms with Crippen LogP contribution in [0.5, 0.6) is 0 Å². The van der Waals surface area contributed by atoms with Gasteiger partial charge in [0.05, 0.1) is 5.69 Å². The van der Waals surface area contributed by atoms with Gasteiger partial charge >= 0.3 is 0 Å². The number of benzene rings is 1. The van der Waals surface area contributed by atoms with Gasteiger partial charge in [-0.1, -0.05) is 13.0 Å². The van der Waals surface area contributed by atoms with Gasteiger partial charge < -0.3 is 15.1 Å². The molecule has 152 valence electrons. The van der Waals surface area contributed by atoms with Gasteiger partial charge in [0.2, 0.25) is 0 Å². The summed E-state index contributed by atoms with van der Waals surface area (Å²) in [4.78, 5) is 14.1. The summed E-state index contributed by atoms with van der Waals surface area (Å²) < 4.78 is 13.1. The highest BCUT2D eigenvalue weighted by molar-refractivity contribution is 7.13. The number of hydrogen-bond acceptors (Lipinski definition) is 6. The Morgan fingerprint density at radius 1 is 1.03 bits per heavy atom. The highest BCUT2D eigenvalue weighted by Crippen LogP contribution is 2.24. The van der Waals surface area contributed by atoms with E-state index in [1.807, 2.05) is 11.6 Å². The summed E-state index contributed by atoms with van der Waals surface area (Å²) in [5.74, 6) is 0.836. The average Bonchev–Trinajstić information content (AvgIpc) is 3.24. The Kier molecular flexibility index (Phi) is 6.49. The standard InChI is InChI=1S/C22H26FN5S/c1-2-27-9-11-28(12-10-27)21-8-3-17(14-25-21)13-24-15-20-16-29-22(26-20)18-4-6-19(23)7-5-18/h3-8,14,16,24H,2,9-13,15H2,1H3. The molecule has 1 N–H and O–H groups in total. The van der Waals surface area contributed by atoms with Crippen molar-refractivity contribution in [3.63, 3.8) is 0 Å². The van der Waals surface area contributed by atoms with Crippen molar-refractivity contribution in [1.29, 1.82) is 0 Å². The van der Waals surface area contributed by atoms with Crippen molar-refractivity contribution in [3.8, 4) is 10.6 Å². The van der Waals surface area contributed by atoms with Gasteiger partial charge in [-0.15, -0.1) is 11.3 Å². The van der Waals surface area contributed by atoms with Gasteiger partial charge in [0, 0.05) is 56.4 Å². The smallest absolute Gasteiger partial charge is 0.128 e. The maximum atomic E-state index is 13.1. The number of aromatic nitrogens is 2. The minimum Gasteiger partial charge on any atom is -0.354 e. The molecule has 3 heterocycles. The second-order valence-electron chi connectivity index (χ2n) is 7.20. The zero-order valence-corrected chi connectivity index (χ0v) is 17.5. The Bertz CT molecular complexity index is 902. The largest absolute Gasteiger partial charge is 0.354 e. The number of nitrogens with one attached hydrogen (secondary N) is 1. The molecule has 1 aromatic carbocycles. The molecular weight excluding hydrogens is 385 g/mol. The van der Waals surface area contributed by atoms with Crippen LogP contribution in [0.4, 0.5) is 10.2 Å². The summed E-state index contributed by atoms with van der Waals surface area (Å²) in [6.45, 7) is 9.07. The number of anilines is 1. The van der Waals surface area contributed by atoms with Crippen LogP contribution in [0.25, 0.3) is 10.6 Å². The highest BCUT2D eigenvalue weighted by atomic mass is 32.1. The molecule has 4 rings (SSSR count). The molecule has 1 fully saturated rings. The number of piperazine rings is 1. The SMILES string of the molecule is CCN1CCN(c2ccc(CNCc3csc(-c4ccc(F)cc4)n3)cn2)CC1. The number of hydrogen-bond donors (Lipinski definition) is 1. The van der Waals surface area contributed by atoms with Crippen molar-refractivity contribution in [3.05, 3.63) is 65.0 Å². The predicted molar refractivity (Wildman–Crippen MR) is 117 cm³/mol. The van der Waals surface area contributed by atoms with Crippen molar-refractivity contribution in [2.45, 2.75) is 20.0 Å². The normalized spacial score (nSPS) is 15.0. The first-order chi connectivity index (χ1) is 14.2. The Morgan fingerprint density at radius 2 is 1.83 bits per heavy atom. The van der Waals surface area contributed by atoms with Crippen molar-refractivity contribution >= 4 is 17.2 Å². The van der Waals surface area contributed by atoms with Crippen LogP contribution in [0.3, 0.4) is 0 Å². The van der Waals surface area contributed by atoms with Gasteiger partial charge in [-0.05, 0) is 42.4 Å². The molecule has 0 atom stereocenters. The van der Waals surface area contributed by atoms with E-state index in [0.29, 0.717) is 6.54 Å². The minimum atomic E-state index is -0.227. The Labute approximate surface area is 175 Å². The molecule has 29 heavy (non-hydrogen) atoms. The second kappa shape index (κ2) is 9.43. The molecule has 1 aliphatic rings. The van der Waals surface area contributed by atoms with Crippen molar-refractivity contribution in [1.82, 2.24) is 20.2 Å². The van der Waals surface area contributed by atoms with Crippen LogP contribution in [0, 0.1) is 5.82 Å². The molecule has 2 aromatic heterocycles. The van der Waals surface area contributed by atoms with Crippen molar-refractivity contribution in [2.75, 3.05) is 37.6 Å². The first kappa shape index (κ1) is 19.9. The summed E-state index contributed by atoms with van der Waals surface area (Å²) in [6.07, 6.45) is 1.96. The minimum absolute atomic E-state index is 0.227. The molecule has 0 amide bonds. The van der Waals surface area contributed by atoms with E-state index in [1.165, 1.54) is 12.1 Å². The molecule has 0 unspecified atom stereocenters. The quantitative estimate of drug-likeness (QED) is 0.641. The molecule has 5 nitrogen and oxygen atoms in total. The van der Waals surface area contributed by atoms with Crippen LogP contribution in [0.1, 0.15) is 18.2 Å². The first-order valence-corrected chi connectivity index (χ1v) is 10.9. The van der Waals surface area contributed by atoms with E-state index in [4.69, 9.17) is 0 Å². The van der Waals surface area contributed by atoms with E-state index in [1.54, 1.807) is 23.5 Å². The molecule has 1 aliphatic heterocycles. The third-order valence-corrected chi connectivity index (χ3v) is 6.17. The topological polar surface area (TPSA) is 44.3 Å². The highest BCUT2D eigenvalue weighted by Gasteiger charge is 2.16. The Hall–Kier alpha value is -2.35. The third kappa shape index (κ3) is 5.18. The molecule has 7 heteroatoms. The molecule has 0 bridgehead atoms. The molecule has 0 saturated carbocycles. The lowest BCUT2D eigenvalue weighted by Crippen LogP contribution is -2.46. The van der Waals surface area contributed by atoms with Crippen LogP contribution < -0.4 is 10.2 Å². The van der Waals surface area contributed by atoms with E-state index in [9.17, 15) is 4.39 Å². The molecule has 3 aromatic rings. The van der Waals surface area contributed by atoms with Gasteiger partial charge in [-0.3, -0.25) is 0 Å².